The summed E-state index contributed by atoms with van der Waals surface area (Å²) in [6, 6.07) is 6.28. The largest absolute Gasteiger partial charge is 0.400 e. The number of ether oxygens (including phenoxy) is 1. The summed E-state index contributed by atoms with van der Waals surface area (Å²) in [7, 11) is 11.6. The Balaban J connectivity index is 2.53. The molecule has 90 valence electrons. The molecule has 0 aliphatic heterocycles. The Morgan fingerprint density at radius 1 is 1.11 bits per heavy atom. The van der Waals surface area contributed by atoms with Gasteiger partial charge in [0.05, 0.1) is 41.6 Å². The summed E-state index contributed by atoms with van der Waals surface area (Å²) < 4.78 is 32.8. The van der Waals surface area contributed by atoms with Gasteiger partial charge in [0.1, 0.15) is 0 Å². The van der Waals surface area contributed by atoms with Crippen LogP contribution in [0.5, 0.6) is 0 Å². The molecular weight excluding hydrogens is 249 g/mol. The van der Waals surface area contributed by atoms with E-state index in [4.69, 9.17) is 32.5 Å². The highest BCUT2D eigenvalue weighted by atomic mass is 32.2. The zero-order chi connectivity index (χ0) is 13.8. The zero-order valence-electron chi connectivity index (χ0n) is 10.00. The summed E-state index contributed by atoms with van der Waals surface area (Å²) in [5, 5.41) is -1.79. The lowest BCUT2D eigenvalue weighted by atomic mass is 9.52. The van der Waals surface area contributed by atoms with Crippen molar-refractivity contribution in [3.05, 3.63) is 29.8 Å². The molecule has 0 bridgehead atoms. The Kier molecular flexibility index (Phi) is 5.07. The second-order valence-electron chi connectivity index (χ2n) is 3.79. The second-order valence-corrected chi connectivity index (χ2v) is 5.41. The van der Waals surface area contributed by atoms with Crippen LogP contribution in [-0.2, 0) is 19.0 Å². The van der Waals surface area contributed by atoms with Gasteiger partial charge in [-0.15, -0.1) is 0 Å². The van der Waals surface area contributed by atoms with Crippen LogP contribution in [0.2, 0.25) is 0 Å². The van der Waals surface area contributed by atoms with Crippen molar-refractivity contribution in [1.82, 2.24) is 0 Å². The summed E-state index contributed by atoms with van der Waals surface area (Å²) in [4.78, 5) is 0.0765. The van der Waals surface area contributed by atoms with Gasteiger partial charge in [0.2, 0.25) is 0 Å². The first-order chi connectivity index (χ1) is 8.21. The Bertz CT molecular complexity index is 479. The van der Waals surface area contributed by atoms with Crippen molar-refractivity contribution in [2.45, 2.75) is 17.1 Å². The molecule has 0 N–H and O–H groups in total. The van der Waals surface area contributed by atoms with E-state index in [2.05, 4.69) is 0 Å². The fourth-order valence-corrected chi connectivity index (χ4v) is 2.03. The zero-order valence-corrected chi connectivity index (χ0v) is 10.8. The van der Waals surface area contributed by atoms with Crippen molar-refractivity contribution in [3.63, 3.8) is 0 Å². The van der Waals surface area contributed by atoms with E-state index in [-0.39, 0.29) is 18.1 Å². The third-order valence-corrected chi connectivity index (χ3v) is 3.31. The van der Waals surface area contributed by atoms with Gasteiger partial charge in [-0.3, -0.25) is 4.18 Å². The first kappa shape index (κ1) is 15.3. The van der Waals surface area contributed by atoms with E-state index in [1.807, 2.05) is 6.92 Å². The van der Waals surface area contributed by atoms with Crippen LogP contribution < -0.4 is 0 Å². The van der Waals surface area contributed by atoms with Gasteiger partial charge in [-0.05, 0) is 24.4 Å². The molecule has 0 saturated heterocycles. The summed E-state index contributed by atoms with van der Waals surface area (Å²) in [6.07, 6.45) is 0. The van der Waals surface area contributed by atoms with Gasteiger partial charge in [-0.2, -0.15) is 8.42 Å². The number of hydrogen-bond acceptors (Lipinski definition) is 4. The molecule has 0 aliphatic rings. The van der Waals surface area contributed by atoms with E-state index < -0.39 is 15.4 Å². The van der Waals surface area contributed by atoms with E-state index in [1.54, 1.807) is 12.1 Å². The van der Waals surface area contributed by atoms with Crippen molar-refractivity contribution < 1.29 is 17.3 Å². The predicted molar refractivity (Wildman–Crippen MR) is 70.3 cm³/mol. The average Bonchev–Trinajstić information content (AvgIpc) is 2.24. The van der Waals surface area contributed by atoms with Gasteiger partial charge in [0.15, 0.2) is 0 Å². The molecule has 0 aromatic heterocycles. The normalized spacial score (nSPS) is 12.5. The summed E-state index contributed by atoms with van der Waals surface area (Å²) in [6.45, 7) is 1.51. The highest BCUT2D eigenvalue weighted by molar-refractivity contribution is 7.86. The summed E-state index contributed by atoms with van der Waals surface area (Å²) >= 11 is 0. The van der Waals surface area contributed by atoms with E-state index in [0.29, 0.717) is 0 Å². The van der Waals surface area contributed by atoms with Crippen LogP contribution in [0.4, 0.5) is 0 Å². The fourth-order valence-electron chi connectivity index (χ4n) is 1.14. The Hall–Kier alpha value is -0.715. The first-order valence-electron chi connectivity index (χ1n) is 5.17. The lowest BCUT2D eigenvalue weighted by Gasteiger charge is -2.20. The Morgan fingerprint density at radius 2 is 1.67 bits per heavy atom. The molecule has 8 heteroatoms. The minimum absolute atomic E-state index is 0.0765. The van der Waals surface area contributed by atoms with Crippen LogP contribution >= 0.6 is 0 Å². The molecule has 1 rings (SSSR count). The molecular formula is C10H11B3O4S. The number of hydrogen-bond donors (Lipinski definition) is 0. The molecule has 18 heavy (non-hydrogen) atoms. The van der Waals surface area contributed by atoms with Crippen molar-refractivity contribution in [2.75, 3.05) is 13.2 Å². The van der Waals surface area contributed by atoms with Crippen LogP contribution in [0.3, 0.4) is 0 Å². The summed E-state index contributed by atoms with van der Waals surface area (Å²) in [5.74, 6) is 0. The molecule has 0 amide bonds. The molecule has 0 fully saturated rings. The molecule has 0 heterocycles. The van der Waals surface area contributed by atoms with Gasteiger partial charge in [-0.1, -0.05) is 17.7 Å². The van der Waals surface area contributed by atoms with Crippen LogP contribution in [0, 0.1) is 6.92 Å². The predicted octanol–water partition coefficient (Wildman–Crippen LogP) is -0.166. The van der Waals surface area contributed by atoms with Crippen LogP contribution in [0.15, 0.2) is 29.2 Å². The highest BCUT2D eigenvalue weighted by Gasteiger charge is 2.15. The van der Waals surface area contributed by atoms with Crippen LogP contribution in [0.25, 0.3) is 0 Å². The van der Waals surface area contributed by atoms with Gasteiger partial charge < -0.3 is 4.74 Å². The topological polar surface area (TPSA) is 52.6 Å². The highest BCUT2D eigenvalue weighted by Crippen LogP contribution is 2.13. The van der Waals surface area contributed by atoms with Crippen LogP contribution in [-0.4, -0.2) is 50.5 Å². The maximum Gasteiger partial charge on any atom is 0.297 e. The van der Waals surface area contributed by atoms with Gasteiger partial charge >= 0.3 is 0 Å². The Morgan fingerprint density at radius 3 is 2.17 bits per heavy atom. The second kappa shape index (κ2) is 5.95. The number of rotatable bonds is 6. The van der Waals surface area contributed by atoms with Gasteiger partial charge in [-0.25, -0.2) is 0 Å². The minimum atomic E-state index is -3.80. The van der Waals surface area contributed by atoms with E-state index in [9.17, 15) is 8.42 Å². The lowest BCUT2D eigenvalue weighted by Crippen LogP contribution is -2.35. The van der Waals surface area contributed by atoms with Crippen LogP contribution in [0.1, 0.15) is 5.56 Å². The third-order valence-electron chi connectivity index (χ3n) is 1.98. The average molecular weight is 260 g/mol. The van der Waals surface area contributed by atoms with Crippen molar-refractivity contribution in [2.24, 2.45) is 0 Å². The monoisotopic (exact) mass is 260 g/mol. The molecule has 0 atom stereocenters. The molecule has 1 aromatic carbocycles. The van der Waals surface area contributed by atoms with Crippen molar-refractivity contribution >= 4 is 33.7 Å². The molecule has 6 radical (unpaired) electrons. The number of aryl methyl sites for hydroxylation is 1. The lowest BCUT2D eigenvalue weighted by molar-refractivity contribution is 0.0968. The fraction of sp³-hybridized carbons (Fsp3) is 0.400. The van der Waals surface area contributed by atoms with E-state index in [1.165, 1.54) is 12.1 Å². The third kappa shape index (κ3) is 5.29. The van der Waals surface area contributed by atoms with Crippen molar-refractivity contribution in [3.8, 4) is 0 Å². The maximum absolute atomic E-state index is 11.7. The smallest absolute Gasteiger partial charge is 0.297 e. The standard InChI is InChI=1S/C10H11B3O4S/c1-8-2-4-9(5-3-8)18(14,15)17-7-6-16-10(11,12)13/h2-5H,6-7H2,1H3. The first-order valence-corrected chi connectivity index (χ1v) is 6.58. The molecule has 0 unspecified atom stereocenters. The van der Waals surface area contributed by atoms with E-state index in [0.717, 1.165) is 5.56 Å². The SMILES string of the molecule is [B]C([B])([B])OCCOS(=O)(=O)c1ccc(C)cc1. The summed E-state index contributed by atoms with van der Waals surface area (Å²) in [5.41, 5.74) is 0.955. The molecule has 4 nitrogen and oxygen atoms in total. The maximum atomic E-state index is 11.7. The molecule has 0 aliphatic carbocycles. The Labute approximate surface area is 111 Å². The molecule has 1 aromatic rings. The molecule has 0 saturated carbocycles. The minimum Gasteiger partial charge on any atom is -0.400 e. The number of benzene rings is 1. The van der Waals surface area contributed by atoms with Gasteiger partial charge in [0.25, 0.3) is 10.1 Å². The molecule has 0 spiro atoms. The van der Waals surface area contributed by atoms with Gasteiger partial charge in [0, 0.05) is 0 Å². The quantitative estimate of drug-likeness (QED) is 0.405. The van der Waals surface area contributed by atoms with Crippen molar-refractivity contribution in [1.29, 1.82) is 0 Å². The van der Waals surface area contributed by atoms with E-state index >= 15 is 0 Å².